The molecule has 2 aliphatic carbocycles. The Morgan fingerprint density at radius 3 is 2.44 bits per heavy atom. The summed E-state index contributed by atoms with van der Waals surface area (Å²) in [7, 11) is 1.31. The standard InChI is InChI=1S/C34H44O11/c1-9-17(2)29(38)44-27-25-28(42-18(3)35)33-20(32(7,34(25,39)45-33)21(30(27,4)5)14-23(36)40-8)10-12-31(6)22(33)15-24(37)43-26(31)19-11-13-41-16-19/h11,13,15-17,20-21,25-28,39H,9-10,12,14H2,1-8H3/t17?,20-,21+,25-,26+,27-,28-,31-,32-,33-,34+/m1/s1. The van der Waals surface area contributed by atoms with Gasteiger partial charge in [-0.2, -0.15) is 0 Å². The number of aliphatic hydroxyl groups is 1. The van der Waals surface area contributed by atoms with Gasteiger partial charge in [-0.3, -0.25) is 14.4 Å². The molecule has 0 aromatic carbocycles. The molecule has 6 rings (SSSR count). The minimum absolute atomic E-state index is 0.0728. The molecular formula is C34H44O11. The van der Waals surface area contributed by atoms with Gasteiger partial charge in [-0.05, 0) is 36.8 Å². The Bertz CT molecular complexity index is 1450. The maximum absolute atomic E-state index is 13.5. The van der Waals surface area contributed by atoms with E-state index in [4.69, 9.17) is 28.1 Å². The van der Waals surface area contributed by atoms with Crippen LogP contribution < -0.4 is 0 Å². The zero-order valence-corrected chi connectivity index (χ0v) is 27.2. The van der Waals surface area contributed by atoms with Crippen molar-refractivity contribution in [2.45, 2.75) is 104 Å². The van der Waals surface area contributed by atoms with E-state index in [9.17, 15) is 24.3 Å². The molecule has 2 bridgehead atoms. The summed E-state index contributed by atoms with van der Waals surface area (Å²) >= 11 is 0. The average Bonchev–Trinajstić information content (AvgIpc) is 3.64. The Morgan fingerprint density at radius 1 is 1.13 bits per heavy atom. The molecule has 5 aliphatic rings. The SMILES string of the molecule is CCC(C)C(=O)O[C@@H]1[C@@H]2[C@@H](OC(C)=O)[C@@]34O[C@]2(O)[C@@](C)([C@@H](CC(=O)OC)C1(C)C)[C@H]3CC[C@]1(C)C4=CC(=O)O[C@H]1c1ccoc1. The summed E-state index contributed by atoms with van der Waals surface area (Å²) in [5.74, 6) is -6.71. The first kappa shape index (κ1) is 31.8. The molecule has 1 aromatic rings. The van der Waals surface area contributed by atoms with Gasteiger partial charge >= 0.3 is 23.9 Å². The lowest BCUT2D eigenvalue weighted by Gasteiger charge is -2.67. The van der Waals surface area contributed by atoms with E-state index in [2.05, 4.69) is 0 Å². The fourth-order valence-corrected chi connectivity index (χ4v) is 10.0. The number of esters is 4. The summed E-state index contributed by atoms with van der Waals surface area (Å²) in [5.41, 5.74) is -3.11. The maximum Gasteiger partial charge on any atom is 0.331 e. The van der Waals surface area contributed by atoms with E-state index in [-0.39, 0.29) is 6.42 Å². The number of ether oxygens (including phenoxy) is 5. The van der Waals surface area contributed by atoms with Crippen LogP contribution in [-0.4, -0.2) is 59.7 Å². The van der Waals surface area contributed by atoms with Crippen molar-refractivity contribution in [1.82, 2.24) is 0 Å². The Labute approximate surface area is 262 Å². The minimum Gasteiger partial charge on any atom is -0.472 e. The van der Waals surface area contributed by atoms with Gasteiger partial charge in [0.25, 0.3) is 0 Å². The number of rotatable bonds is 7. The lowest BCUT2D eigenvalue weighted by Crippen LogP contribution is -2.76. The Balaban J connectivity index is 1.61. The molecule has 4 fully saturated rings. The third-order valence-electron chi connectivity index (χ3n) is 12.3. The number of furan rings is 1. The molecule has 11 heteroatoms. The van der Waals surface area contributed by atoms with E-state index in [0.29, 0.717) is 30.4 Å². The van der Waals surface area contributed by atoms with Crippen molar-refractivity contribution in [3.63, 3.8) is 0 Å². The molecule has 0 amide bonds. The van der Waals surface area contributed by atoms with E-state index in [0.717, 1.165) is 0 Å². The summed E-state index contributed by atoms with van der Waals surface area (Å²) < 4.78 is 35.8. The van der Waals surface area contributed by atoms with Crippen molar-refractivity contribution in [2.24, 2.45) is 39.9 Å². The zero-order valence-electron chi connectivity index (χ0n) is 27.2. The summed E-state index contributed by atoms with van der Waals surface area (Å²) in [6.45, 7) is 12.7. The number of fused-ring (bicyclic) bond motifs is 2. The first-order chi connectivity index (χ1) is 21.0. The summed E-state index contributed by atoms with van der Waals surface area (Å²) in [6, 6.07) is 1.75. The maximum atomic E-state index is 13.5. The monoisotopic (exact) mass is 628 g/mol. The second kappa shape index (κ2) is 10.2. The van der Waals surface area contributed by atoms with E-state index in [1.807, 2.05) is 34.6 Å². The molecule has 45 heavy (non-hydrogen) atoms. The zero-order chi connectivity index (χ0) is 32.9. The Hall–Kier alpha value is -3.18. The van der Waals surface area contributed by atoms with Crippen LogP contribution in [0.3, 0.4) is 0 Å². The van der Waals surface area contributed by atoms with Gasteiger partial charge in [0, 0.05) is 47.1 Å². The van der Waals surface area contributed by atoms with Crippen LogP contribution in [0.5, 0.6) is 0 Å². The second-order valence-corrected chi connectivity index (χ2v) is 14.7. The van der Waals surface area contributed by atoms with Crippen LogP contribution in [0.1, 0.15) is 85.8 Å². The van der Waals surface area contributed by atoms with Crippen LogP contribution in [0.25, 0.3) is 0 Å². The number of hydrogen-bond acceptors (Lipinski definition) is 11. The third kappa shape index (κ3) is 3.95. The number of carbonyl (C=O) groups excluding carboxylic acids is 4. The molecule has 0 radical (unpaired) electrons. The van der Waals surface area contributed by atoms with Gasteiger partial charge in [0.15, 0.2) is 5.79 Å². The fourth-order valence-electron chi connectivity index (χ4n) is 10.0. The molecule has 11 nitrogen and oxygen atoms in total. The van der Waals surface area contributed by atoms with E-state index < -0.39 is 93.5 Å². The van der Waals surface area contributed by atoms with Crippen LogP contribution >= 0.6 is 0 Å². The molecule has 1 spiro atoms. The van der Waals surface area contributed by atoms with Crippen LogP contribution in [0.4, 0.5) is 0 Å². The van der Waals surface area contributed by atoms with Crippen molar-refractivity contribution in [2.75, 3.05) is 7.11 Å². The first-order valence-corrected chi connectivity index (χ1v) is 15.9. The van der Waals surface area contributed by atoms with Crippen LogP contribution in [0, 0.1) is 39.9 Å². The van der Waals surface area contributed by atoms with Gasteiger partial charge in [0.05, 0.1) is 31.5 Å². The quantitative estimate of drug-likeness (QED) is 0.338. The second-order valence-electron chi connectivity index (χ2n) is 14.7. The summed E-state index contributed by atoms with van der Waals surface area (Å²) in [6.07, 6.45) is 3.08. The molecular weight excluding hydrogens is 584 g/mol. The highest BCUT2D eigenvalue weighted by atomic mass is 16.7. The van der Waals surface area contributed by atoms with Crippen molar-refractivity contribution in [3.05, 3.63) is 35.8 Å². The summed E-state index contributed by atoms with van der Waals surface area (Å²) in [4.78, 5) is 52.7. The van der Waals surface area contributed by atoms with Gasteiger partial charge in [-0.25, -0.2) is 4.79 Å². The number of methoxy groups -OCH3 is 1. The lowest BCUT2D eigenvalue weighted by atomic mass is 9.37. The molecule has 3 aliphatic heterocycles. The Morgan fingerprint density at radius 2 is 1.84 bits per heavy atom. The van der Waals surface area contributed by atoms with Crippen molar-refractivity contribution >= 4 is 23.9 Å². The fraction of sp³-hybridized carbons (Fsp3) is 0.706. The average molecular weight is 629 g/mol. The van der Waals surface area contributed by atoms with Crippen molar-refractivity contribution in [3.8, 4) is 0 Å². The molecule has 1 unspecified atom stereocenters. The minimum atomic E-state index is -2.01. The predicted octanol–water partition coefficient (Wildman–Crippen LogP) is 4.42. The van der Waals surface area contributed by atoms with Crippen LogP contribution in [0.2, 0.25) is 0 Å². The first-order valence-electron chi connectivity index (χ1n) is 15.9. The van der Waals surface area contributed by atoms with Crippen LogP contribution in [-0.2, 0) is 42.9 Å². The predicted molar refractivity (Wildman–Crippen MR) is 156 cm³/mol. The van der Waals surface area contributed by atoms with Gasteiger partial charge < -0.3 is 33.2 Å². The van der Waals surface area contributed by atoms with Gasteiger partial charge in [0.1, 0.15) is 23.9 Å². The highest BCUT2D eigenvalue weighted by Crippen LogP contribution is 2.81. The molecule has 1 aromatic heterocycles. The van der Waals surface area contributed by atoms with Gasteiger partial charge in [-0.15, -0.1) is 0 Å². The van der Waals surface area contributed by atoms with E-state index in [1.54, 1.807) is 13.0 Å². The molecule has 2 saturated heterocycles. The number of hydrogen-bond donors (Lipinski definition) is 1. The highest BCUT2D eigenvalue weighted by molar-refractivity contribution is 5.85. The van der Waals surface area contributed by atoms with E-state index in [1.165, 1.54) is 32.6 Å². The number of cyclic esters (lactones) is 1. The largest absolute Gasteiger partial charge is 0.472 e. The third-order valence-corrected chi connectivity index (χ3v) is 12.3. The van der Waals surface area contributed by atoms with Gasteiger partial charge in [-0.1, -0.05) is 41.5 Å². The van der Waals surface area contributed by atoms with Crippen molar-refractivity contribution < 1.29 is 52.4 Å². The van der Waals surface area contributed by atoms with Crippen LogP contribution in [0.15, 0.2) is 34.7 Å². The smallest absolute Gasteiger partial charge is 0.331 e. The normalized spacial score (nSPS) is 42.9. The molecule has 2 saturated carbocycles. The molecule has 4 heterocycles. The molecule has 11 atom stereocenters. The van der Waals surface area contributed by atoms with E-state index >= 15 is 0 Å². The van der Waals surface area contributed by atoms with Gasteiger partial charge in [0.2, 0.25) is 0 Å². The molecule has 246 valence electrons. The lowest BCUT2D eigenvalue weighted by molar-refractivity contribution is -0.326. The topological polar surface area (TPSA) is 148 Å². The summed E-state index contributed by atoms with van der Waals surface area (Å²) in [5, 5.41) is 13.0. The highest BCUT2D eigenvalue weighted by Gasteiger charge is 2.90. The Kier molecular flexibility index (Phi) is 7.18. The molecule has 1 N–H and O–H groups in total. The van der Waals surface area contributed by atoms with Crippen molar-refractivity contribution in [1.29, 1.82) is 0 Å². The number of carbonyl (C=O) groups is 4.